The SMILES string of the molecule is COc1cc(/C=N\NC(=O)C(NC(=O)c2ccc(C)cc2)C(C)C)ccc1OCc1ccc(C)cc1. The zero-order valence-electron chi connectivity index (χ0n) is 21.4. The van der Waals surface area contributed by atoms with Gasteiger partial charge in [0.25, 0.3) is 11.8 Å². The molecule has 36 heavy (non-hydrogen) atoms. The minimum Gasteiger partial charge on any atom is -0.493 e. The molecule has 3 aromatic rings. The molecule has 3 rings (SSSR count). The Kier molecular flexibility index (Phi) is 9.22. The van der Waals surface area contributed by atoms with Crippen molar-refractivity contribution in [2.45, 2.75) is 40.3 Å². The number of hydrazone groups is 1. The van der Waals surface area contributed by atoms with Gasteiger partial charge in [-0.3, -0.25) is 9.59 Å². The van der Waals surface area contributed by atoms with Crippen molar-refractivity contribution in [3.05, 3.63) is 94.5 Å². The molecule has 0 bridgehead atoms. The number of nitrogens with one attached hydrogen (secondary N) is 2. The zero-order chi connectivity index (χ0) is 26.1. The Morgan fingerprint density at radius 3 is 2.17 bits per heavy atom. The summed E-state index contributed by atoms with van der Waals surface area (Å²) in [6.45, 7) is 8.14. The van der Waals surface area contributed by atoms with E-state index in [4.69, 9.17) is 9.47 Å². The molecule has 0 spiro atoms. The van der Waals surface area contributed by atoms with Crippen LogP contribution in [0.5, 0.6) is 11.5 Å². The molecule has 0 aliphatic rings. The number of rotatable bonds is 10. The van der Waals surface area contributed by atoms with Gasteiger partial charge >= 0.3 is 0 Å². The molecule has 0 saturated heterocycles. The van der Waals surface area contributed by atoms with E-state index in [9.17, 15) is 9.59 Å². The highest BCUT2D eigenvalue weighted by molar-refractivity contribution is 5.97. The summed E-state index contributed by atoms with van der Waals surface area (Å²) in [5, 5.41) is 6.87. The number of aryl methyl sites for hydroxylation is 2. The number of hydrogen-bond donors (Lipinski definition) is 2. The minimum atomic E-state index is -0.733. The van der Waals surface area contributed by atoms with E-state index in [2.05, 4.69) is 15.8 Å². The summed E-state index contributed by atoms with van der Waals surface area (Å²) >= 11 is 0. The van der Waals surface area contributed by atoms with Crippen molar-refractivity contribution in [2.24, 2.45) is 11.0 Å². The average molecular weight is 488 g/mol. The van der Waals surface area contributed by atoms with Crippen molar-refractivity contribution in [2.75, 3.05) is 7.11 Å². The van der Waals surface area contributed by atoms with Crippen molar-refractivity contribution >= 4 is 18.0 Å². The van der Waals surface area contributed by atoms with Gasteiger partial charge < -0.3 is 14.8 Å². The van der Waals surface area contributed by atoms with Crippen LogP contribution in [0.4, 0.5) is 0 Å². The number of ether oxygens (including phenoxy) is 2. The van der Waals surface area contributed by atoms with Crippen LogP contribution in [0.2, 0.25) is 0 Å². The molecule has 7 nitrogen and oxygen atoms in total. The number of hydrogen-bond acceptors (Lipinski definition) is 5. The van der Waals surface area contributed by atoms with Gasteiger partial charge in [0.2, 0.25) is 0 Å². The van der Waals surface area contributed by atoms with Gasteiger partial charge in [-0.2, -0.15) is 5.10 Å². The first-order chi connectivity index (χ1) is 17.3. The van der Waals surface area contributed by atoms with Gasteiger partial charge in [-0.25, -0.2) is 5.43 Å². The van der Waals surface area contributed by atoms with E-state index in [0.29, 0.717) is 23.7 Å². The maximum atomic E-state index is 12.7. The lowest BCUT2D eigenvalue weighted by Crippen LogP contribution is -2.48. The van der Waals surface area contributed by atoms with E-state index >= 15 is 0 Å². The molecule has 0 aromatic heterocycles. The second-order valence-corrected chi connectivity index (χ2v) is 8.98. The highest BCUT2D eigenvalue weighted by atomic mass is 16.5. The Morgan fingerprint density at radius 1 is 0.917 bits per heavy atom. The molecule has 188 valence electrons. The summed E-state index contributed by atoms with van der Waals surface area (Å²) in [6, 6.07) is 20.0. The van der Waals surface area contributed by atoms with Crippen LogP contribution in [0.15, 0.2) is 71.8 Å². The van der Waals surface area contributed by atoms with E-state index in [0.717, 1.165) is 16.7 Å². The fraction of sp³-hybridized carbons (Fsp3) is 0.276. The zero-order valence-corrected chi connectivity index (χ0v) is 21.4. The van der Waals surface area contributed by atoms with Crippen LogP contribution in [0.1, 0.15) is 46.5 Å². The van der Waals surface area contributed by atoms with Crippen LogP contribution in [0, 0.1) is 19.8 Å². The Hall–Kier alpha value is -4.13. The molecule has 1 atom stereocenters. The Balaban J connectivity index is 1.60. The number of nitrogens with zero attached hydrogens (tertiary/aromatic N) is 1. The third-order valence-corrected chi connectivity index (χ3v) is 5.64. The van der Waals surface area contributed by atoms with E-state index in [-0.39, 0.29) is 11.8 Å². The number of carbonyl (C=O) groups is 2. The van der Waals surface area contributed by atoms with Crippen molar-refractivity contribution in [1.82, 2.24) is 10.7 Å². The molecule has 3 aromatic carbocycles. The standard InChI is InChI=1S/C29H33N3O4/c1-19(2)27(31-28(33)24-13-8-21(4)9-14-24)29(34)32-30-17-23-12-15-25(26(16-23)35-5)36-18-22-10-6-20(3)7-11-22/h6-17,19,27H,18H2,1-5H3,(H,31,33)(H,32,34)/b30-17-. The molecular weight excluding hydrogens is 454 g/mol. The lowest BCUT2D eigenvalue weighted by atomic mass is 10.0. The molecule has 0 fully saturated rings. The van der Waals surface area contributed by atoms with Crippen LogP contribution in [-0.4, -0.2) is 31.2 Å². The predicted molar refractivity (Wildman–Crippen MR) is 142 cm³/mol. The van der Waals surface area contributed by atoms with Gasteiger partial charge in [-0.1, -0.05) is 61.4 Å². The summed E-state index contributed by atoms with van der Waals surface area (Å²) in [4.78, 5) is 25.3. The van der Waals surface area contributed by atoms with E-state index in [1.807, 2.05) is 70.2 Å². The molecule has 7 heteroatoms. The predicted octanol–water partition coefficient (Wildman–Crippen LogP) is 4.80. The van der Waals surface area contributed by atoms with Crippen molar-refractivity contribution in [1.29, 1.82) is 0 Å². The molecule has 0 saturated carbocycles. The van der Waals surface area contributed by atoms with Crippen molar-refractivity contribution < 1.29 is 19.1 Å². The van der Waals surface area contributed by atoms with Crippen LogP contribution in [-0.2, 0) is 11.4 Å². The summed E-state index contributed by atoms with van der Waals surface area (Å²) < 4.78 is 11.4. The third-order valence-electron chi connectivity index (χ3n) is 5.64. The van der Waals surface area contributed by atoms with Gasteiger partial charge in [-0.15, -0.1) is 0 Å². The fourth-order valence-corrected chi connectivity index (χ4v) is 3.43. The molecule has 1 unspecified atom stereocenters. The summed E-state index contributed by atoms with van der Waals surface area (Å²) in [7, 11) is 1.57. The third kappa shape index (κ3) is 7.43. The summed E-state index contributed by atoms with van der Waals surface area (Å²) in [5.74, 6) is 0.339. The van der Waals surface area contributed by atoms with Crippen LogP contribution in [0.25, 0.3) is 0 Å². The topological polar surface area (TPSA) is 89.0 Å². The number of methoxy groups -OCH3 is 1. The van der Waals surface area contributed by atoms with Gasteiger partial charge in [0, 0.05) is 5.56 Å². The molecule has 0 heterocycles. The Morgan fingerprint density at radius 2 is 1.56 bits per heavy atom. The lowest BCUT2D eigenvalue weighted by molar-refractivity contribution is -0.123. The Bertz CT molecular complexity index is 1200. The van der Waals surface area contributed by atoms with Crippen LogP contribution in [0.3, 0.4) is 0 Å². The normalized spacial score (nSPS) is 11.8. The van der Waals surface area contributed by atoms with E-state index < -0.39 is 11.9 Å². The van der Waals surface area contributed by atoms with Crippen molar-refractivity contribution in [3.8, 4) is 11.5 Å². The monoisotopic (exact) mass is 487 g/mol. The second-order valence-electron chi connectivity index (χ2n) is 8.98. The number of carbonyl (C=O) groups excluding carboxylic acids is 2. The fourth-order valence-electron chi connectivity index (χ4n) is 3.43. The molecular formula is C29H33N3O4. The van der Waals surface area contributed by atoms with E-state index in [1.54, 1.807) is 31.4 Å². The van der Waals surface area contributed by atoms with Crippen LogP contribution >= 0.6 is 0 Å². The summed E-state index contributed by atoms with van der Waals surface area (Å²) in [5.41, 5.74) is 7.06. The molecule has 0 aliphatic carbocycles. The molecule has 2 amide bonds. The minimum absolute atomic E-state index is 0.125. The highest BCUT2D eigenvalue weighted by Gasteiger charge is 2.24. The van der Waals surface area contributed by atoms with Gasteiger partial charge in [0.15, 0.2) is 11.5 Å². The largest absolute Gasteiger partial charge is 0.493 e. The van der Waals surface area contributed by atoms with Gasteiger partial charge in [-0.05, 0) is 61.2 Å². The second kappa shape index (κ2) is 12.5. The smallest absolute Gasteiger partial charge is 0.262 e. The maximum absolute atomic E-state index is 12.7. The quantitative estimate of drug-likeness (QED) is 0.318. The number of benzene rings is 3. The van der Waals surface area contributed by atoms with Crippen molar-refractivity contribution in [3.63, 3.8) is 0 Å². The molecule has 0 aliphatic heterocycles. The lowest BCUT2D eigenvalue weighted by Gasteiger charge is -2.20. The van der Waals surface area contributed by atoms with E-state index in [1.165, 1.54) is 11.8 Å². The first-order valence-corrected chi connectivity index (χ1v) is 11.8. The maximum Gasteiger partial charge on any atom is 0.262 e. The average Bonchev–Trinajstić information content (AvgIpc) is 2.87. The number of amides is 2. The van der Waals surface area contributed by atoms with Gasteiger partial charge in [0.1, 0.15) is 12.6 Å². The van der Waals surface area contributed by atoms with Crippen LogP contribution < -0.4 is 20.2 Å². The first kappa shape index (κ1) is 26.5. The highest BCUT2D eigenvalue weighted by Crippen LogP contribution is 2.28. The van der Waals surface area contributed by atoms with Gasteiger partial charge in [0.05, 0.1) is 13.3 Å². The molecule has 0 radical (unpaired) electrons. The first-order valence-electron chi connectivity index (χ1n) is 11.8. The molecule has 2 N–H and O–H groups in total. The Labute approximate surface area is 212 Å². The summed E-state index contributed by atoms with van der Waals surface area (Å²) in [6.07, 6.45) is 1.52.